The molecule has 2 rings (SSSR count). The number of piperidine rings is 1. The van der Waals surface area contributed by atoms with Crippen LogP contribution < -0.4 is 0 Å². The van der Waals surface area contributed by atoms with Crippen LogP contribution in [0.15, 0.2) is 5.38 Å². The molecule has 1 aromatic heterocycles. The van der Waals surface area contributed by atoms with Gasteiger partial charge in [0.05, 0.1) is 10.7 Å². The number of carbonyl (C=O) groups is 1. The van der Waals surface area contributed by atoms with Gasteiger partial charge in [-0.3, -0.25) is 9.69 Å². The number of aliphatic carboxylic acids is 1. The first-order chi connectivity index (χ1) is 8.61. The lowest BCUT2D eigenvalue weighted by Gasteiger charge is -2.34. The van der Waals surface area contributed by atoms with E-state index >= 15 is 0 Å². The third-order valence-corrected chi connectivity index (χ3v) is 4.69. The van der Waals surface area contributed by atoms with Crippen LogP contribution in [0.1, 0.15) is 43.3 Å². The summed E-state index contributed by atoms with van der Waals surface area (Å²) < 4.78 is 0. The molecule has 2 atom stereocenters. The predicted molar refractivity (Wildman–Crippen MR) is 72.1 cm³/mol. The van der Waals surface area contributed by atoms with Crippen LogP contribution in [0.5, 0.6) is 0 Å². The van der Waals surface area contributed by atoms with Gasteiger partial charge in [0.25, 0.3) is 0 Å². The number of nitrogens with zero attached hydrogens (tertiary/aromatic N) is 2. The van der Waals surface area contributed by atoms with Gasteiger partial charge in [0.1, 0.15) is 6.04 Å². The van der Waals surface area contributed by atoms with Crippen molar-refractivity contribution in [2.45, 2.75) is 45.1 Å². The van der Waals surface area contributed by atoms with Crippen LogP contribution in [-0.4, -0.2) is 40.1 Å². The Kier molecular flexibility index (Phi) is 4.35. The molecule has 1 aliphatic heterocycles. The van der Waals surface area contributed by atoms with E-state index in [4.69, 9.17) is 5.11 Å². The van der Waals surface area contributed by atoms with Crippen molar-refractivity contribution in [3.63, 3.8) is 0 Å². The summed E-state index contributed by atoms with van der Waals surface area (Å²) >= 11 is 1.72. The summed E-state index contributed by atoms with van der Waals surface area (Å²) in [7, 11) is 0. The summed E-state index contributed by atoms with van der Waals surface area (Å²) in [5.41, 5.74) is 1.15. The number of aryl methyl sites for hydroxylation is 1. The molecule has 0 radical (unpaired) electrons. The maximum absolute atomic E-state index is 11.0. The Morgan fingerprint density at radius 3 is 3.11 bits per heavy atom. The monoisotopic (exact) mass is 268 g/mol. The van der Waals surface area contributed by atoms with Crippen LogP contribution in [0, 0.1) is 0 Å². The Morgan fingerprint density at radius 2 is 2.50 bits per heavy atom. The number of likely N-dealkylation sites (tertiary alicyclic amines) is 1. The van der Waals surface area contributed by atoms with Crippen LogP contribution in [0.4, 0.5) is 0 Å². The number of carboxylic acids is 1. The molecule has 0 aliphatic carbocycles. The van der Waals surface area contributed by atoms with Gasteiger partial charge in [-0.25, -0.2) is 4.98 Å². The molecule has 1 aromatic rings. The molecule has 0 spiro atoms. The Hall–Kier alpha value is -0.940. The summed E-state index contributed by atoms with van der Waals surface area (Å²) in [6, 6.07) is -0.390. The molecule has 18 heavy (non-hydrogen) atoms. The van der Waals surface area contributed by atoms with Gasteiger partial charge in [0.15, 0.2) is 0 Å². The molecule has 0 aromatic carbocycles. The maximum Gasteiger partial charge on any atom is 0.320 e. The van der Waals surface area contributed by atoms with E-state index in [9.17, 15) is 4.79 Å². The predicted octanol–water partition coefficient (Wildman–Crippen LogP) is 2.36. The van der Waals surface area contributed by atoms with Crippen molar-refractivity contribution in [2.75, 3.05) is 13.1 Å². The van der Waals surface area contributed by atoms with Crippen molar-refractivity contribution in [2.24, 2.45) is 0 Å². The molecule has 0 saturated carbocycles. The van der Waals surface area contributed by atoms with Crippen molar-refractivity contribution >= 4 is 17.3 Å². The average Bonchev–Trinajstić information content (AvgIpc) is 2.86. The number of thiazole rings is 1. The van der Waals surface area contributed by atoms with Gasteiger partial charge in [-0.1, -0.05) is 6.92 Å². The van der Waals surface area contributed by atoms with Crippen LogP contribution in [0.3, 0.4) is 0 Å². The minimum absolute atomic E-state index is 0.390. The molecule has 1 aliphatic rings. The fourth-order valence-electron chi connectivity index (χ4n) is 2.39. The van der Waals surface area contributed by atoms with Gasteiger partial charge in [-0.15, -0.1) is 11.3 Å². The van der Waals surface area contributed by atoms with Crippen molar-refractivity contribution < 1.29 is 9.90 Å². The molecular formula is C13H20N2O2S. The second kappa shape index (κ2) is 5.80. The van der Waals surface area contributed by atoms with E-state index in [-0.39, 0.29) is 0 Å². The first-order valence-electron chi connectivity index (χ1n) is 6.53. The van der Waals surface area contributed by atoms with E-state index in [1.807, 2.05) is 0 Å². The lowest BCUT2D eigenvalue weighted by atomic mass is 9.97. The van der Waals surface area contributed by atoms with Crippen molar-refractivity contribution in [1.82, 2.24) is 9.88 Å². The van der Waals surface area contributed by atoms with Crippen molar-refractivity contribution in [3.8, 4) is 0 Å². The largest absolute Gasteiger partial charge is 0.480 e. The van der Waals surface area contributed by atoms with Crippen LogP contribution >= 0.6 is 11.3 Å². The summed E-state index contributed by atoms with van der Waals surface area (Å²) in [6.45, 7) is 5.59. The normalized spacial score (nSPS) is 22.9. The molecule has 0 amide bonds. The zero-order valence-electron chi connectivity index (χ0n) is 10.9. The van der Waals surface area contributed by atoms with Crippen LogP contribution in [-0.2, 0) is 11.2 Å². The second-order valence-electron chi connectivity index (χ2n) is 4.88. The van der Waals surface area contributed by atoms with Crippen LogP contribution in [0.2, 0.25) is 0 Å². The van der Waals surface area contributed by atoms with Gasteiger partial charge < -0.3 is 5.11 Å². The van der Waals surface area contributed by atoms with E-state index in [1.54, 1.807) is 18.3 Å². The van der Waals surface area contributed by atoms with Gasteiger partial charge >= 0.3 is 5.97 Å². The topological polar surface area (TPSA) is 53.4 Å². The van der Waals surface area contributed by atoms with E-state index in [1.165, 1.54) is 5.01 Å². The lowest BCUT2D eigenvalue weighted by Crippen LogP contribution is -2.44. The molecule has 2 unspecified atom stereocenters. The Bertz CT molecular complexity index is 419. The Morgan fingerprint density at radius 1 is 1.72 bits per heavy atom. The first kappa shape index (κ1) is 13.5. The highest BCUT2D eigenvalue weighted by atomic mass is 32.1. The SMILES string of the molecule is CCc1csc(C2CCCN(C(C)C(=O)O)C2)n1. The molecule has 4 nitrogen and oxygen atoms in total. The molecule has 1 N–H and O–H groups in total. The van der Waals surface area contributed by atoms with E-state index < -0.39 is 12.0 Å². The van der Waals surface area contributed by atoms with Gasteiger partial charge in [0, 0.05) is 17.8 Å². The average molecular weight is 268 g/mol. The Labute approximate surface area is 112 Å². The summed E-state index contributed by atoms with van der Waals surface area (Å²) in [6.07, 6.45) is 3.15. The lowest BCUT2D eigenvalue weighted by molar-refractivity contribution is -0.143. The standard InChI is InChI=1S/C13H20N2O2S/c1-3-11-8-18-12(14-11)10-5-4-6-15(7-10)9(2)13(16)17/h8-10H,3-7H2,1-2H3,(H,16,17). The number of carboxylic acid groups (broad SMARTS) is 1. The quantitative estimate of drug-likeness (QED) is 0.910. The van der Waals surface area contributed by atoms with Crippen molar-refractivity contribution in [3.05, 3.63) is 16.1 Å². The smallest absolute Gasteiger partial charge is 0.320 e. The summed E-state index contributed by atoms with van der Waals surface area (Å²) in [4.78, 5) is 17.7. The van der Waals surface area contributed by atoms with Gasteiger partial charge in [-0.05, 0) is 32.7 Å². The third kappa shape index (κ3) is 2.90. The highest BCUT2D eigenvalue weighted by Gasteiger charge is 2.29. The molecule has 100 valence electrons. The number of aromatic nitrogens is 1. The van der Waals surface area contributed by atoms with Gasteiger partial charge in [0.2, 0.25) is 0 Å². The van der Waals surface area contributed by atoms with E-state index in [0.29, 0.717) is 5.92 Å². The summed E-state index contributed by atoms with van der Waals surface area (Å²) in [5, 5.41) is 12.4. The third-order valence-electron chi connectivity index (χ3n) is 3.64. The van der Waals surface area contributed by atoms with Crippen LogP contribution in [0.25, 0.3) is 0 Å². The second-order valence-corrected chi connectivity index (χ2v) is 5.77. The highest BCUT2D eigenvalue weighted by molar-refractivity contribution is 7.09. The van der Waals surface area contributed by atoms with E-state index in [0.717, 1.165) is 38.0 Å². The number of hydrogen-bond donors (Lipinski definition) is 1. The minimum Gasteiger partial charge on any atom is -0.480 e. The molecule has 1 fully saturated rings. The minimum atomic E-state index is -0.732. The fourth-order valence-corrected chi connectivity index (χ4v) is 3.42. The van der Waals surface area contributed by atoms with E-state index in [2.05, 4.69) is 22.2 Å². The zero-order chi connectivity index (χ0) is 13.1. The summed E-state index contributed by atoms with van der Waals surface area (Å²) in [5.74, 6) is -0.324. The first-order valence-corrected chi connectivity index (χ1v) is 7.41. The van der Waals surface area contributed by atoms with Crippen molar-refractivity contribution in [1.29, 1.82) is 0 Å². The Balaban J connectivity index is 2.04. The zero-order valence-corrected chi connectivity index (χ0v) is 11.7. The number of rotatable bonds is 4. The molecular weight excluding hydrogens is 248 g/mol. The maximum atomic E-state index is 11.0. The highest BCUT2D eigenvalue weighted by Crippen LogP contribution is 2.30. The molecule has 0 bridgehead atoms. The van der Waals surface area contributed by atoms with Gasteiger partial charge in [-0.2, -0.15) is 0 Å². The molecule has 2 heterocycles. The molecule has 1 saturated heterocycles. The fraction of sp³-hybridized carbons (Fsp3) is 0.692. The number of hydrogen-bond acceptors (Lipinski definition) is 4. The molecule has 5 heteroatoms.